The zero-order valence-corrected chi connectivity index (χ0v) is 14.3. The zero-order chi connectivity index (χ0) is 19.4. The van der Waals surface area contributed by atoms with E-state index in [-0.39, 0.29) is 12.2 Å². The quantitative estimate of drug-likeness (QED) is 0.736. The number of hydrogen-bond donors (Lipinski definition) is 3. The molecule has 27 heavy (non-hydrogen) atoms. The van der Waals surface area contributed by atoms with Crippen LogP contribution in [0.1, 0.15) is 26.5 Å². The van der Waals surface area contributed by atoms with E-state index in [4.69, 9.17) is 4.74 Å². The summed E-state index contributed by atoms with van der Waals surface area (Å²) >= 11 is 0. The molecule has 0 radical (unpaired) electrons. The van der Waals surface area contributed by atoms with Crippen LogP contribution in [0.25, 0.3) is 0 Å². The Kier molecular flexibility index (Phi) is 5.51. The lowest BCUT2D eigenvalue weighted by Crippen LogP contribution is -2.41. The van der Waals surface area contributed by atoms with E-state index in [1.165, 1.54) is 29.2 Å². The molecule has 1 saturated heterocycles. The van der Waals surface area contributed by atoms with Gasteiger partial charge in [0.05, 0.1) is 13.2 Å². The Morgan fingerprint density at radius 3 is 2.52 bits per heavy atom. The standard InChI is InChI=1S/C18H18FN3O5/c19-12-3-1-11(2-4-12)10-20-17(25)15-16(24)14(23)9-13(21-15)18(26)22-5-7-27-8-6-22/h1-4,9,24H,5-8,10H2,(H,20,25)(H,21,23). The largest absolute Gasteiger partial charge is 0.504 e. The van der Waals surface area contributed by atoms with Crippen LogP contribution in [0.2, 0.25) is 0 Å². The summed E-state index contributed by atoms with van der Waals surface area (Å²) in [4.78, 5) is 30.3. The minimum absolute atomic E-state index is 0.0582. The Bertz CT molecular complexity index is 851. The number of aromatic hydroxyl groups is 2. The highest BCUT2D eigenvalue weighted by Crippen LogP contribution is 2.28. The fourth-order valence-corrected chi connectivity index (χ4v) is 2.59. The molecule has 1 aliphatic rings. The van der Waals surface area contributed by atoms with E-state index in [0.717, 1.165) is 6.07 Å². The molecule has 0 bridgehead atoms. The van der Waals surface area contributed by atoms with Gasteiger partial charge in [0.1, 0.15) is 11.5 Å². The van der Waals surface area contributed by atoms with Crippen molar-refractivity contribution < 1.29 is 28.9 Å². The van der Waals surface area contributed by atoms with Crippen LogP contribution in [-0.4, -0.2) is 58.2 Å². The molecule has 1 aliphatic heterocycles. The van der Waals surface area contributed by atoms with Gasteiger partial charge >= 0.3 is 0 Å². The van der Waals surface area contributed by atoms with Crippen molar-refractivity contribution in [2.24, 2.45) is 0 Å². The van der Waals surface area contributed by atoms with Crippen LogP contribution in [0.5, 0.6) is 11.5 Å². The first-order valence-corrected chi connectivity index (χ1v) is 8.28. The molecule has 1 aromatic heterocycles. The molecule has 0 saturated carbocycles. The van der Waals surface area contributed by atoms with Crippen molar-refractivity contribution in [2.45, 2.75) is 6.54 Å². The van der Waals surface area contributed by atoms with Crippen LogP contribution < -0.4 is 5.32 Å². The second-order valence-electron chi connectivity index (χ2n) is 5.94. The van der Waals surface area contributed by atoms with Crippen molar-refractivity contribution in [1.82, 2.24) is 15.2 Å². The van der Waals surface area contributed by atoms with E-state index in [1.54, 1.807) is 0 Å². The van der Waals surface area contributed by atoms with Gasteiger partial charge in [-0.2, -0.15) is 0 Å². The Balaban J connectivity index is 1.77. The highest BCUT2D eigenvalue weighted by molar-refractivity contribution is 5.99. The van der Waals surface area contributed by atoms with Crippen molar-refractivity contribution in [3.05, 3.63) is 53.1 Å². The Hall–Kier alpha value is -3.20. The van der Waals surface area contributed by atoms with Crippen LogP contribution in [-0.2, 0) is 11.3 Å². The maximum absolute atomic E-state index is 12.9. The van der Waals surface area contributed by atoms with Crippen LogP contribution in [0.15, 0.2) is 30.3 Å². The number of amides is 2. The van der Waals surface area contributed by atoms with Gasteiger partial charge in [0.2, 0.25) is 0 Å². The molecule has 142 valence electrons. The predicted molar refractivity (Wildman–Crippen MR) is 91.9 cm³/mol. The fourth-order valence-electron chi connectivity index (χ4n) is 2.59. The number of halogens is 1. The summed E-state index contributed by atoms with van der Waals surface area (Å²) < 4.78 is 18.1. The van der Waals surface area contributed by atoms with Crippen LogP contribution in [0, 0.1) is 5.82 Å². The first-order valence-electron chi connectivity index (χ1n) is 8.28. The lowest BCUT2D eigenvalue weighted by Gasteiger charge is -2.26. The summed E-state index contributed by atoms with van der Waals surface area (Å²) in [6.07, 6.45) is 0. The molecule has 3 rings (SSSR count). The number of benzene rings is 1. The molecule has 0 unspecified atom stereocenters. The van der Waals surface area contributed by atoms with Crippen molar-refractivity contribution in [3.8, 4) is 11.5 Å². The minimum Gasteiger partial charge on any atom is -0.504 e. The number of carbonyl (C=O) groups excluding carboxylic acids is 2. The van der Waals surface area contributed by atoms with Gasteiger partial charge in [-0.05, 0) is 17.7 Å². The molecule has 0 aliphatic carbocycles. The van der Waals surface area contributed by atoms with Gasteiger partial charge in [0, 0.05) is 25.7 Å². The van der Waals surface area contributed by atoms with Gasteiger partial charge in [-0.3, -0.25) is 9.59 Å². The fraction of sp³-hybridized carbons (Fsp3) is 0.278. The van der Waals surface area contributed by atoms with Crippen molar-refractivity contribution in [3.63, 3.8) is 0 Å². The Morgan fingerprint density at radius 2 is 1.85 bits per heavy atom. The summed E-state index contributed by atoms with van der Waals surface area (Å²) in [6.45, 7) is 1.58. The Labute approximate surface area is 154 Å². The van der Waals surface area contributed by atoms with Crippen LogP contribution in [0.4, 0.5) is 4.39 Å². The lowest BCUT2D eigenvalue weighted by molar-refractivity contribution is 0.0298. The second-order valence-corrected chi connectivity index (χ2v) is 5.94. The Morgan fingerprint density at radius 1 is 1.19 bits per heavy atom. The van der Waals surface area contributed by atoms with Crippen molar-refractivity contribution >= 4 is 11.8 Å². The first kappa shape index (κ1) is 18.6. The number of morpholine rings is 1. The molecule has 0 atom stereocenters. The number of carbonyl (C=O) groups is 2. The number of rotatable bonds is 4. The number of hydrogen-bond acceptors (Lipinski definition) is 6. The van der Waals surface area contributed by atoms with Gasteiger partial charge < -0.3 is 25.2 Å². The number of ether oxygens (including phenoxy) is 1. The van der Waals surface area contributed by atoms with E-state index >= 15 is 0 Å². The van der Waals surface area contributed by atoms with Gasteiger partial charge in [-0.15, -0.1) is 0 Å². The SMILES string of the molecule is O=C(NCc1ccc(F)cc1)c1nc(C(=O)N2CCOCC2)cc(O)c1O. The average molecular weight is 375 g/mol. The molecule has 2 heterocycles. The molecular weight excluding hydrogens is 357 g/mol. The smallest absolute Gasteiger partial charge is 0.274 e. The number of aromatic nitrogens is 1. The first-order chi connectivity index (χ1) is 13.0. The summed E-state index contributed by atoms with van der Waals surface area (Å²) in [5.74, 6) is -2.98. The predicted octanol–water partition coefficient (Wildman–Crippen LogP) is 1.03. The highest BCUT2D eigenvalue weighted by Gasteiger charge is 2.25. The molecular formula is C18H18FN3O5. The van der Waals surface area contributed by atoms with Gasteiger partial charge in [0.25, 0.3) is 11.8 Å². The van der Waals surface area contributed by atoms with Crippen LogP contribution >= 0.6 is 0 Å². The molecule has 0 spiro atoms. The highest BCUT2D eigenvalue weighted by atomic mass is 19.1. The van der Waals surface area contributed by atoms with Crippen molar-refractivity contribution in [2.75, 3.05) is 26.3 Å². The third kappa shape index (κ3) is 4.32. The molecule has 8 nitrogen and oxygen atoms in total. The maximum Gasteiger partial charge on any atom is 0.274 e. The van der Waals surface area contributed by atoms with Crippen LogP contribution in [0.3, 0.4) is 0 Å². The number of nitrogens with zero attached hydrogens (tertiary/aromatic N) is 2. The van der Waals surface area contributed by atoms with E-state index in [0.29, 0.717) is 31.9 Å². The molecule has 1 fully saturated rings. The minimum atomic E-state index is -0.774. The topological polar surface area (TPSA) is 112 Å². The zero-order valence-electron chi connectivity index (χ0n) is 14.3. The number of pyridine rings is 1. The van der Waals surface area contributed by atoms with Gasteiger partial charge in [-0.1, -0.05) is 12.1 Å². The van der Waals surface area contributed by atoms with E-state index in [1.807, 2.05) is 0 Å². The number of nitrogens with one attached hydrogen (secondary N) is 1. The lowest BCUT2D eigenvalue weighted by atomic mass is 10.2. The summed E-state index contributed by atoms with van der Waals surface area (Å²) in [6, 6.07) is 6.52. The molecule has 9 heteroatoms. The molecule has 2 amide bonds. The van der Waals surface area contributed by atoms with Gasteiger partial charge in [0.15, 0.2) is 17.2 Å². The second kappa shape index (κ2) is 8.00. The van der Waals surface area contributed by atoms with E-state index in [9.17, 15) is 24.2 Å². The van der Waals surface area contributed by atoms with E-state index in [2.05, 4.69) is 10.3 Å². The summed E-state index contributed by atoms with van der Waals surface area (Å²) in [7, 11) is 0. The third-order valence-corrected chi connectivity index (χ3v) is 4.07. The van der Waals surface area contributed by atoms with E-state index < -0.39 is 34.8 Å². The maximum atomic E-state index is 12.9. The summed E-state index contributed by atoms with van der Waals surface area (Å²) in [5, 5.41) is 22.3. The van der Waals surface area contributed by atoms with Gasteiger partial charge in [-0.25, -0.2) is 9.37 Å². The summed E-state index contributed by atoms with van der Waals surface area (Å²) in [5.41, 5.74) is 0.0156. The normalized spacial score (nSPS) is 14.0. The monoisotopic (exact) mass is 375 g/mol. The van der Waals surface area contributed by atoms with Crippen molar-refractivity contribution in [1.29, 1.82) is 0 Å². The molecule has 1 aromatic carbocycles. The molecule has 3 N–H and O–H groups in total. The third-order valence-electron chi connectivity index (χ3n) is 4.07. The average Bonchev–Trinajstić information content (AvgIpc) is 2.69. The molecule has 2 aromatic rings.